The minimum Gasteiger partial charge on any atom is -0.368 e. The molecule has 1 aliphatic heterocycles. The van der Waals surface area contributed by atoms with Gasteiger partial charge in [0.2, 0.25) is 0 Å². The van der Waals surface area contributed by atoms with E-state index in [9.17, 15) is 0 Å². The Labute approximate surface area is 115 Å². The van der Waals surface area contributed by atoms with Crippen LogP contribution in [0.15, 0.2) is 18.2 Å². The molecule has 2 nitrogen and oxygen atoms in total. The molecule has 2 N–H and O–H groups in total. The Bertz CT molecular complexity index is 405. The molecule has 1 saturated heterocycles. The lowest BCUT2D eigenvalue weighted by Crippen LogP contribution is -2.43. The summed E-state index contributed by atoms with van der Waals surface area (Å²) in [5.41, 5.74) is 8.32. The number of halogens is 1. The number of piperidine rings is 1. The first-order chi connectivity index (χ1) is 8.63. The molecule has 1 aliphatic rings. The van der Waals surface area contributed by atoms with Gasteiger partial charge in [-0.25, -0.2) is 0 Å². The van der Waals surface area contributed by atoms with E-state index in [-0.39, 0.29) is 0 Å². The molecule has 2 unspecified atom stereocenters. The van der Waals surface area contributed by atoms with Crippen molar-refractivity contribution in [2.45, 2.75) is 39.2 Å². The first-order valence-electron chi connectivity index (χ1n) is 6.88. The fourth-order valence-corrected chi connectivity index (χ4v) is 3.06. The smallest absolute Gasteiger partial charge is 0.0410 e. The van der Waals surface area contributed by atoms with Crippen molar-refractivity contribution in [2.75, 3.05) is 18.0 Å². The van der Waals surface area contributed by atoms with E-state index in [0.29, 0.717) is 12.6 Å². The van der Waals surface area contributed by atoms with Crippen LogP contribution in [0.2, 0.25) is 5.02 Å². The van der Waals surface area contributed by atoms with Crippen LogP contribution >= 0.6 is 11.6 Å². The molecule has 2 rings (SSSR count). The second kappa shape index (κ2) is 5.94. The van der Waals surface area contributed by atoms with E-state index in [1.165, 1.54) is 24.1 Å². The maximum atomic E-state index is 6.10. The van der Waals surface area contributed by atoms with Gasteiger partial charge in [-0.3, -0.25) is 0 Å². The second-order valence-electron chi connectivity index (χ2n) is 5.37. The molecule has 0 aliphatic carbocycles. The molecule has 1 aromatic carbocycles. The van der Waals surface area contributed by atoms with E-state index >= 15 is 0 Å². The molecule has 18 heavy (non-hydrogen) atoms. The van der Waals surface area contributed by atoms with Crippen LogP contribution < -0.4 is 10.6 Å². The van der Waals surface area contributed by atoms with Crippen LogP contribution in [0.3, 0.4) is 0 Å². The molecule has 0 amide bonds. The fraction of sp³-hybridized carbons (Fsp3) is 0.600. The molecule has 0 bridgehead atoms. The largest absolute Gasteiger partial charge is 0.368 e. The Morgan fingerprint density at radius 2 is 2.17 bits per heavy atom. The quantitative estimate of drug-likeness (QED) is 0.908. The summed E-state index contributed by atoms with van der Waals surface area (Å²) in [5, 5.41) is 0.805. The van der Waals surface area contributed by atoms with Gasteiger partial charge < -0.3 is 10.6 Å². The first kappa shape index (κ1) is 13.7. The van der Waals surface area contributed by atoms with Gasteiger partial charge in [0.15, 0.2) is 0 Å². The van der Waals surface area contributed by atoms with Gasteiger partial charge in [0.05, 0.1) is 0 Å². The van der Waals surface area contributed by atoms with Gasteiger partial charge in [-0.1, -0.05) is 18.5 Å². The third kappa shape index (κ3) is 2.81. The Hall–Kier alpha value is -0.730. The summed E-state index contributed by atoms with van der Waals surface area (Å²) in [6.07, 6.45) is 3.50. The molecule has 3 heteroatoms. The number of nitrogens with two attached hydrogens (primary N) is 1. The molecular weight excluding hydrogens is 244 g/mol. The van der Waals surface area contributed by atoms with Crippen LogP contribution in [0.25, 0.3) is 0 Å². The highest BCUT2D eigenvalue weighted by Crippen LogP contribution is 2.32. The zero-order valence-electron chi connectivity index (χ0n) is 11.3. The summed E-state index contributed by atoms with van der Waals surface area (Å²) in [5.74, 6) is 0.750. The summed E-state index contributed by atoms with van der Waals surface area (Å²) in [7, 11) is 0. The lowest BCUT2D eigenvalue weighted by atomic mass is 9.91. The lowest BCUT2D eigenvalue weighted by Gasteiger charge is -2.40. The molecule has 0 radical (unpaired) electrons. The predicted octanol–water partition coefficient (Wildman–Crippen LogP) is 3.47. The Balaban J connectivity index is 2.31. The topological polar surface area (TPSA) is 29.3 Å². The van der Waals surface area contributed by atoms with E-state index < -0.39 is 0 Å². The van der Waals surface area contributed by atoms with Gasteiger partial charge in [-0.2, -0.15) is 0 Å². The van der Waals surface area contributed by atoms with Crippen LogP contribution in [0.4, 0.5) is 5.69 Å². The van der Waals surface area contributed by atoms with Crippen LogP contribution in [-0.2, 0) is 6.42 Å². The highest BCUT2D eigenvalue weighted by molar-refractivity contribution is 6.30. The van der Waals surface area contributed by atoms with Crippen LogP contribution in [-0.4, -0.2) is 19.1 Å². The molecular formula is C15H23ClN2. The number of hydrogen-bond donors (Lipinski definition) is 1. The van der Waals surface area contributed by atoms with E-state index in [2.05, 4.69) is 30.9 Å². The average Bonchev–Trinajstić information content (AvgIpc) is 2.34. The van der Waals surface area contributed by atoms with Gasteiger partial charge in [0.1, 0.15) is 0 Å². The molecule has 1 fully saturated rings. The van der Waals surface area contributed by atoms with Crippen molar-refractivity contribution < 1.29 is 0 Å². The van der Waals surface area contributed by atoms with E-state index in [1.54, 1.807) is 0 Å². The lowest BCUT2D eigenvalue weighted by molar-refractivity contribution is 0.363. The standard InChI is InChI=1S/C15H23ClN2/c1-11-4-3-9-18(12(11)2)15-6-5-14(16)10-13(15)7-8-17/h5-6,10-12H,3-4,7-9,17H2,1-2H3. The van der Waals surface area contributed by atoms with Crippen molar-refractivity contribution in [2.24, 2.45) is 11.7 Å². The fourth-order valence-electron chi connectivity index (χ4n) is 2.87. The highest BCUT2D eigenvalue weighted by atomic mass is 35.5. The number of anilines is 1. The third-order valence-electron chi connectivity index (χ3n) is 4.14. The zero-order chi connectivity index (χ0) is 13.1. The normalized spacial score (nSPS) is 24.3. The van der Waals surface area contributed by atoms with Crippen LogP contribution in [0.5, 0.6) is 0 Å². The van der Waals surface area contributed by atoms with Gasteiger partial charge in [-0.15, -0.1) is 0 Å². The number of hydrogen-bond acceptors (Lipinski definition) is 2. The van der Waals surface area contributed by atoms with Gasteiger partial charge >= 0.3 is 0 Å². The molecule has 0 saturated carbocycles. The monoisotopic (exact) mass is 266 g/mol. The van der Waals surface area contributed by atoms with Crippen molar-refractivity contribution in [3.8, 4) is 0 Å². The van der Waals surface area contributed by atoms with Crippen molar-refractivity contribution in [3.05, 3.63) is 28.8 Å². The van der Waals surface area contributed by atoms with Gasteiger partial charge in [0.25, 0.3) is 0 Å². The number of nitrogens with zero attached hydrogens (tertiary/aromatic N) is 1. The summed E-state index contributed by atoms with van der Waals surface area (Å²) in [4.78, 5) is 2.52. The van der Waals surface area contributed by atoms with Crippen molar-refractivity contribution >= 4 is 17.3 Å². The van der Waals surface area contributed by atoms with Crippen molar-refractivity contribution in [1.29, 1.82) is 0 Å². The first-order valence-corrected chi connectivity index (χ1v) is 7.26. The zero-order valence-corrected chi connectivity index (χ0v) is 12.1. The minimum atomic E-state index is 0.594. The van der Waals surface area contributed by atoms with Crippen LogP contribution in [0.1, 0.15) is 32.3 Å². The molecule has 0 spiro atoms. The number of benzene rings is 1. The Morgan fingerprint density at radius 1 is 1.39 bits per heavy atom. The van der Waals surface area contributed by atoms with E-state index in [4.69, 9.17) is 17.3 Å². The van der Waals surface area contributed by atoms with E-state index in [0.717, 1.165) is 23.9 Å². The maximum absolute atomic E-state index is 6.10. The third-order valence-corrected chi connectivity index (χ3v) is 4.37. The Kier molecular flexibility index (Phi) is 4.52. The van der Waals surface area contributed by atoms with Gasteiger partial charge in [-0.05, 0) is 62.4 Å². The molecule has 1 heterocycles. The van der Waals surface area contributed by atoms with Crippen LogP contribution in [0, 0.1) is 5.92 Å². The second-order valence-corrected chi connectivity index (χ2v) is 5.80. The minimum absolute atomic E-state index is 0.594. The average molecular weight is 267 g/mol. The highest BCUT2D eigenvalue weighted by Gasteiger charge is 2.26. The van der Waals surface area contributed by atoms with E-state index in [1.807, 2.05) is 6.07 Å². The summed E-state index contributed by atoms with van der Waals surface area (Å²) in [6, 6.07) is 6.80. The van der Waals surface area contributed by atoms with Crippen molar-refractivity contribution in [3.63, 3.8) is 0 Å². The molecule has 100 valence electrons. The molecule has 2 atom stereocenters. The summed E-state index contributed by atoms with van der Waals surface area (Å²) < 4.78 is 0. The predicted molar refractivity (Wildman–Crippen MR) is 79.4 cm³/mol. The molecule has 0 aromatic heterocycles. The molecule has 1 aromatic rings. The maximum Gasteiger partial charge on any atom is 0.0410 e. The van der Waals surface area contributed by atoms with Gasteiger partial charge in [0, 0.05) is 23.3 Å². The summed E-state index contributed by atoms with van der Waals surface area (Å²) >= 11 is 6.10. The number of rotatable bonds is 3. The summed E-state index contributed by atoms with van der Waals surface area (Å²) in [6.45, 7) is 6.48. The SMILES string of the molecule is CC1CCCN(c2ccc(Cl)cc2CCN)C1C. The van der Waals surface area contributed by atoms with Crippen molar-refractivity contribution in [1.82, 2.24) is 0 Å². The Morgan fingerprint density at radius 3 is 2.89 bits per heavy atom.